The normalized spacial score (nSPS) is 19.8. The van der Waals surface area contributed by atoms with Crippen LogP contribution in [0.1, 0.15) is 12.0 Å². The van der Waals surface area contributed by atoms with Crippen molar-refractivity contribution in [2.45, 2.75) is 19.4 Å². The Kier molecular flexibility index (Phi) is 3.01. The van der Waals surface area contributed by atoms with E-state index in [1.165, 1.54) is 0 Å². The maximum Gasteiger partial charge on any atom is 0.219 e. The summed E-state index contributed by atoms with van der Waals surface area (Å²) in [6.07, 6.45) is 1.08. The molecular formula is C12H14N2O2. The molecule has 1 aromatic rings. The van der Waals surface area contributed by atoms with Gasteiger partial charge in [-0.1, -0.05) is 18.2 Å². The lowest BCUT2D eigenvalue weighted by atomic mass is 10.1. The monoisotopic (exact) mass is 218 g/mol. The van der Waals surface area contributed by atoms with Crippen molar-refractivity contribution in [3.63, 3.8) is 0 Å². The first-order valence-electron chi connectivity index (χ1n) is 5.31. The fourth-order valence-corrected chi connectivity index (χ4v) is 2.00. The van der Waals surface area contributed by atoms with Crippen molar-refractivity contribution < 1.29 is 9.59 Å². The van der Waals surface area contributed by atoms with Gasteiger partial charge in [0.15, 0.2) is 6.29 Å². The van der Waals surface area contributed by atoms with Crippen LogP contribution in [0.5, 0.6) is 0 Å². The van der Waals surface area contributed by atoms with Crippen LogP contribution < -0.4 is 10.4 Å². The smallest absolute Gasteiger partial charge is 0.219 e. The highest BCUT2D eigenvalue weighted by Crippen LogP contribution is 2.23. The Hall–Kier alpha value is -1.68. The quantitative estimate of drug-likeness (QED) is 0.603. The maximum atomic E-state index is 11.5. The van der Waals surface area contributed by atoms with Crippen LogP contribution in [0.4, 0.5) is 5.69 Å². The highest BCUT2D eigenvalue weighted by atomic mass is 16.2. The molecule has 0 amide bonds. The highest BCUT2D eigenvalue weighted by Gasteiger charge is 2.30. The third kappa shape index (κ3) is 1.84. The number of hydrazine groups is 1. The first-order chi connectivity index (χ1) is 7.74. The molecule has 1 aliphatic heterocycles. The van der Waals surface area contributed by atoms with E-state index >= 15 is 0 Å². The lowest BCUT2D eigenvalue weighted by molar-refractivity contribution is -0.130. The van der Waals surface area contributed by atoms with E-state index in [0.717, 1.165) is 17.8 Å². The van der Waals surface area contributed by atoms with Crippen molar-refractivity contribution >= 4 is 17.8 Å². The van der Waals surface area contributed by atoms with E-state index in [-0.39, 0.29) is 11.8 Å². The summed E-state index contributed by atoms with van der Waals surface area (Å²) in [5.41, 5.74) is 5.18. The van der Waals surface area contributed by atoms with Crippen molar-refractivity contribution in [2.75, 3.05) is 11.6 Å². The molecule has 1 aliphatic rings. The van der Waals surface area contributed by atoms with E-state index in [9.17, 15) is 9.59 Å². The van der Waals surface area contributed by atoms with Gasteiger partial charge in [-0.25, -0.2) is 5.43 Å². The Morgan fingerprint density at radius 2 is 2.25 bits per heavy atom. The number of nitrogens with zero attached hydrogens (tertiary/aromatic N) is 1. The molecule has 0 aliphatic carbocycles. The van der Waals surface area contributed by atoms with Gasteiger partial charge in [-0.2, -0.15) is 0 Å². The summed E-state index contributed by atoms with van der Waals surface area (Å²) in [4.78, 5) is 22.0. The van der Waals surface area contributed by atoms with E-state index < -0.39 is 0 Å². The Labute approximate surface area is 94.2 Å². The first kappa shape index (κ1) is 10.8. The van der Waals surface area contributed by atoms with E-state index in [2.05, 4.69) is 5.43 Å². The van der Waals surface area contributed by atoms with Crippen LogP contribution in [0.2, 0.25) is 0 Å². The van der Waals surface area contributed by atoms with Gasteiger partial charge < -0.3 is 0 Å². The highest BCUT2D eigenvalue weighted by molar-refractivity contribution is 6.28. The molecule has 0 bridgehead atoms. The van der Waals surface area contributed by atoms with E-state index in [1.54, 1.807) is 5.01 Å². The number of carbonyl (C=O) groups excluding carboxylic acids is 2. The van der Waals surface area contributed by atoms with Crippen molar-refractivity contribution in [2.24, 2.45) is 0 Å². The molecule has 0 saturated carbocycles. The number of hydrogen-bond donors (Lipinski definition) is 1. The van der Waals surface area contributed by atoms with Crippen LogP contribution in [0.15, 0.2) is 24.3 Å². The van der Waals surface area contributed by atoms with Gasteiger partial charge in [-0.3, -0.25) is 14.6 Å². The Balaban J connectivity index is 2.30. The molecular weight excluding hydrogens is 204 g/mol. The number of nitrogens with one attached hydrogen (secondary N) is 1. The molecule has 1 saturated heterocycles. The van der Waals surface area contributed by atoms with Crippen LogP contribution >= 0.6 is 0 Å². The summed E-state index contributed by atoms with van der Waals surface area (Å²) in [7, 11) is 0. The number of benzene rings is 1. The predicted molar refractivity (Wildman–Crippen MR) is 61.1 cm³/mol. The number of anilines is 1. The average molecular weight is 218 g/mol. The Morgan fingerprint density at radius 3 is 2.94 bits per heavy atom. The van der Waals surface area contributed by atoms with Gasteiger partial charge in [0.25, 0.3) is 0 Å². The Bertz CT molecular complexity index is 417. The minimum Gasteiger partial charge on any atom is -0.297 e. The summed E-state index contributed by atoms with van der Waals surface area (Å²) >= 11 is 0. The molecule has 16 heavy (non-hydrogen) atoms. The molecule has 1 unspecified atom stereocenters. The van der Waals surface area contributed by atoms with Crippen molar-refractivity contribution in [1.82, 2.24) is 5.43 Å². The lowest BCUT2D eigenvalue weighted by Gasteiger charge is -2.25. The third-order valence-corrected chi connectivity index (χ3v) is 2.83. The summed E-state index contributed by atoms with van der Waals surface area (Å²) in [5.74, 6) is -0.367. The minimum absolute atomic E-state index is 0.362. The summed E-state index contributed by atoms with van der Waals surface area (Å²) in [6.45, 7) is 2.70. The van der Waals surface area contributed by atoms with E-state index in [4.69, 9.17) is 0 Å². The average Bonchev–Trinajstić information content (AvgIpc) is 2.77. The SMILES string of the molecule is Cc1ccccc1N1NCCC1C(=O)C=O. The molecule has 1 atom stereocenters. The summed E-state index contributed by atoms with van der Waals surface area (Å²) in [6, 6.07) is 7.44. The van der Waals surface area contributed by atoms with Gasteiger partial charge in [0, 0.05) is 6.54 Å². The second-order valence-electron chi connectivity index (χ2n) is 3.89. The van der Waals surface area contributed by atoms with E-state index in [1.807, 2.05) is 31.2 Å². The predicted octanol–water partition coefficient (Wildman–Crippen LogP) is 0.846. The van der Waals surface area contributed by atoms with Crippen LogP contribution in [0, 0.1) is 6.92 Å². The van der Waals surface area contributed by atoms with E-state index in [0.29, 0.717) is 12.7 Å². The first-order valence-corrected chi connectivity index (χ1v) is 5.31. The fourth-order valence-electron chi connectivity index (χ4n) is 2.00. The van der Waals surface area contributed by atoms with Crippen LogP contribution in [-0.2, 0) is 9.59 Å². The number of carbonyl (C=O) groups is 2. The molecule has 0 radical (unpaired) electrons. The van der Waals surface area contributed by atoms with Gasteiger partial charge in [0.2, 0.25) is 5.78 Å². The second kappa shape index (κ2) is 4.45. The van der Waals surface area contributed by atoms with Gasteiger partial charge in [0.05, 0.1) is 5.69 Å². The fraction of sp³-hybridized carbons (Fsp3) is 0.333. The van der Waals surface area contributed by atoms with Gasteiger partial charge >= 0.3 is 0 Å². The summed E-state index contributed by atoms with van der Waals surface area (Å²) in [5, 5.41) is 1.80. The molecule has 0 aromatic heterocycles. The minimum atomic E-state index is -0.367. The van der Waals surface area contributed by atoms with Gasteiger partial charge in [-0.15, -0.1) is 0 Å². The Morgan fingerprint density at radius 1 is 1.50 bits per heavy atom. The van der Waals surface area contributed by atoms with Crippen LogP contribution in [0.3, 0.4) is 0 Å². The molecule has 4 nitrogen and oxygen atoms in total. The zero-order chi connectivity index (χ0) is 11.5. The molecule has 1 aromatic carbocycles. The molecule has 2 rings (SSSR count). The standard InChI is InChI=1S/C12H14N2O2/c1-9-4-2-3-5-10(9)14-11(6-7-13-14)12(16)8-15/h2-5,8,11,13H,6-7H2,1H3. The van der Waals surface area contributed by atoms with Crippen molar-refractivity contribution in [3.05, 3.63) is 29.8 Å². The van der Waals surface area contributed by atoms with Crippen molar-refractivity contribution in [1.29, 1.82) is 0 Å². The number of hydrogen-bond acceptors (Lipinski definition) is 4. The number of ketones is 1. The lowest BCUT2D eigenvalue weighted by Crippen LogP contribution is -2.42. The number of rotatable bonds is 3. The zero-order valence-electron chi connectivity index (χ0n) is 9.14. The molecule has 1 N–H and O–H groups in total. The van der Waals surface area contributed by atoms with Crippen LogP contribution in [-0.4, -0.2) is 24.7 Å². The number of aldehydes is 1. The molecule has 0 spiro atoms. The molecule has 1 heterocycles. The second-order valence-corrected chi connectivity index (χ2v) is 3.89. The number of aryl methyl sites for hydroxylation is 1. The number of Topliss-reactive ketones (excluding diaryl/α,β-unsaturated/α-hetero) is 1. The third-order valence-electron chi connectivity index (χ3n) is 2.83. The van der Waals surface area contributed by atoms with Crippen LogP contribution in [0.25, 0.3) is 0 Å². The largest absolute Gasteiger partial charge is 0.297 e. The summed E-state index contributed by atoms with van der Waals surface area (Å²) < 4.78 is 0. The topological polar surface area (TPSA) is 49.4 Å². The van der Waals surface area contributed by atoms with Crippen molar-refractivity contribution in [3.8, 4) is 0 Å². The molecule has 84 valence electrons. The zero-order valence-corrected chi connectivity index (χ0v) is 9.14. The molecule has 4 heteroatoms. The molecule has 1 fully saturated rings. The maximum absolute atomic E-state index is 11.5. The number of para-hydroxylation sites is 1. The van der Waals surface area contributed by atoms with Gasteiger partial charge in [-0.05, 0) is 25.0 Å². The van der Waals surface area contributed by atoms with Gasteiger partial charge in [0.1, 0.15) is 6.04 Å².